The summed E-state index contributed by atoms with van der Waals surface area (Å²) in [5, 5.41) is 2.82. The summed E-state index contributed by atoms with van der Waals surface area (Å²) in [6, 6.07) is 18.8. The maximum absolute atomic E-state index is 12.6. The number of benzene rings is 3. The van der Waals surface area contributed by atoms with Gasteiger partial charge in [-0.15, -0.1) is 0 Å². The summed E-state index contributed by atoms with van der Waals surface area (Å²) in [7, 11) is 0. The van der Waals surface area contributed by atoms with Crippen LogP contribution in [0.3, 0.4) is 0 Å². The molecule has 0 fully saturated rings. The standard InChI is InChI=1S/C28H30BrN3O4/c1-17(2)36-24-15-10-20(16-23(24)29)27(35)32-31-26(34)19-8-13-22(14-9-19)30-25(33)18-6-11-21(12-7-18)28(3,4)5/h6-17H,1-5H3,(H,30,33)(H,31,34)(H,32,35). The van der Waals surface area contributed by atoms with E-state index in [4.69, 9.17) is 4.74 Å². The van der Waals surface area contributed by atoms with E-state index < -0.39 is 11.8 Å². The summed E-state index contributed by atoms with van der Waals surface area (Å²) in [6.07, 6.45) is -0.0000432. The summed E-state index contributed by atoms with van der Waals surface area (Å²) >= 11 is 3.39. The van der Waals surface area contributed by atoms with E-state index in [1.54, 1.807) is 54.6 Å². The molecule has 36 heavy (non-hydrogen) atoms. The van der Waals surface area contributed by atoms with E-state index in [1.165, 1.54) is 0 Å². The maximum atomic E-state index is 12.6. The van der Waals surface area contributed by atoms with E-state index >= 15 is 0 Å². The van der Waals surface area contributed by atoms with Gasteiger partial charge in [0.05, 0.1) is 10.6 Å². The number of halogens is 1. The van der Waals surface area contributed by atoms with Crippen LogP contribution in [0.1, 0.15) is 71.3 Å². The van der Waals surface area contributed by atoms with Crippen LogP contribution in [-0.2, 0) is 5.41 Å². The summed E-state index contributed by atoms with van der Waals surface area (Å²) in [5.41, 5.74) is 7.72. The second kappa shape index (κ2) is 11.4. The number of carbonyl (C=O) groups is 3. The highest BCUT2D eigenvalue weighted by Crippen LogP contribution is 2.27. The number of hydrazine groups is 1. The normalized spacial score (nSPS) is 11.1. The predicted octanol–water partition coefficient (Wildman–Crippen LogP) is 5.86. The molecule has 0 atom stereocenters. The van der Waals surface area contributed by atoms with Crippen LogP contribution in [0.2, 0.25) is 0 Å². The van der Waals surface area contributed by atoms with Crippen molar-refractivity contribution in [2.75, 3.05) is 5.32 Å². The third-order valence-corrected chi connectivity index (χ3v) is 5.88. The molecule has 3 aromatic carbocycles. The summed E-state index contributed by atoms with van der Waals surface area (Å²) in [4.78, 5) is 37.4. The number of hydrogen-bond acceptors (Lipinski definition) is 4. The van der Waals surface area contributed by atoms with Crippen molar-refractivity contribution < 1.29 is 19.1 Å². The molecule has 0 radical (unpaired) electrons. The number of nitrogens with one attached hydrogen (secondary N) is 3. The molecule has 3 amide bonds. The molecule has 0 spiro atoms. The molecular formula is C28H30BrN3O4. The Balaban J connectivity index is 1.55. The molecule has 3 rings (SSSR count). The molecule has 0 aliphatic carbocycles. The Morgan fingerprint density at radius 2 is 1.25 bits per heavy atom. The molecule has 0 unspecified atom stereocenters. The molecule has 0 aliphatic heterocycles. The van der Waals surface area contributed by atoms with Gasteiger partial charge in [0.2, 0.25) is 0 Å². The number of carbonyl (C=O) groups excluding carboxylic acids is 3. The molecule has 0 heterocycles. The van der Waals surface area contributed by atoms with Crippen molar-refractivity contribution >= 4 is 39.3 Å². The van der Waals surface area contributed by atoms with Crippen LogP contribution in [0.15, 0.2) is 71.2 Å². The first-order valence-corrected chi connectivity index (χ1v) is 12.3. The number of amides is 3. The van der Waals surface area contributed by atoms with Gasteiger partial charge in [0.25, 0.3) is 17.7 Å². The van der Waals surface area contributed by atoms with E-state index in [1.807, 2.05) is 26.0 Å². The summed E-state index contributed by atoms with van der Waals surface area (Å²) in [6.45, 7) is 10.2. The average Bonchev–Trinajstić information content (AvgIpc) is 2.83. The van der Waals surface area contributed by atoms with Crippen LogP contribution in [0, 0.1) is 0 Å². The molecule has 3 N–H and O–H groups in total. The van der Waals surface area contributed by atoms with Crippen LogP contribution < -0.4 is 20.9 Å². The van der Waals surface area contributed by atoms with Crippen molar-refractivity contribution in [1.29, 1.82) is 0 Å². The molecule has 7 nitrogen and oxygen atoms in total. The van der Waals surface area contributed by atoms with Crippen LogP contribution in [-0.4, -0.2) is 23.8 Å². The third kappa shape index (κ3) is 7.18. The van der Waals surface area contributed by atoms with E-state index in [0.717, 1.165) is 5.56 Å². The van der Waals surface area contributed by atoms with Gasteiger partial charge in [-0.05, 0) is 95.4 Å². The van der Waals surface area contributed by atoms with Gasteiger partial charge in [0.15, 0.2) is 0 Å². The Kier molecular flexibility index (Phi) is 8.53. The number of hydrogen-bond donors (Lipinski definition) is 3. The lowest BCUT2D eigenvalue weighted by Gasteiger charge is -2.19. The fourth-order valence-corrected chi connectivity index (χ4v) is 3.75. The zero-order valence-electron chi connectivity index (χ0n) is 20.9. The van der Waals surface area contributed by atoms with Gasteiger partial charge in [-0.25, -0.2) is 0 Å². The van der Waals surface area contributed by atoms with Gasteiger partial charge in [-0.1, -0.05) is 32.9 Å². The highest BCUT2D eigenvalue weighted by Gasteiger charge is 2.15. The molecule has 188 valence electrons. The predicted molar refractivity (Wildman–Crippen MR) is 144 cm³/mol. The van der Waals surface area contributed by atoms with Crippen molar-refractivity contribution in [3.8, 4) is 5.75 Å². The van der Waals surface area contributed by atoms with Crippen molar-refractivity contribution in [1.82, 2.24) is 10.9 Å². The topological polar surface area (TPSA) is 96.5 Å². The Morgan fingerprint density at radius 1 is 0.750 bits per heavy atom. The van der Waals surface area contributed by atoms with Gasteiger partial charge >= 0.3 is 0 Å². The monoisotopic (exact) mass is 551 g/mol. The molecule has 0 saturated carbocycles. The van der Waals surface area contributed by atoms with Crippen molar-refractivity contribution in [3.63, 3.8) is 0 Å². The smallest absolute Gasteiger partial charge is 0.269 e. The minimum Gasteiger partial charge on any atom is -0.490 e. The lowest BCUT2D eigenvalue weighted by atomic mass is 9.87. The van der Waals surface area contributed by atoms with Gasteiger partial charge in [0, 0.05) is 22.4 Å². The maximum Gasteiger partial charge on any atom is 0.269 e. The Labute approximate surface area is 219 Å². The first-order chi connectivity index (χ1) is 16.9. The van der Waals surface area contributed by atoms with Crippen molar-refractivity contribution in [2.45, 2.75) is 46.1 Å². The minimum atomic E-state index is -0.488. The average molecular weight is 552 g/mol. The Hall–Kier alpha value is -3.65. The molecule has 0 aliphatic rings. The summed E-state index contributed by atoms with van der Waals surface area (Å²) < 4.78 is 6.27. The highest BCUT2D eigenvalue weighted by atomic mass is 79.9. The van der Waals surface area contributed by atoms with E-state index in [0.29, 0.717) is 32.6 Å². The van der Waals surface area contributed by atoms with Crippen molar-refractivity contribution in [2.24, 2.45) is 0 Å². The number of rotatable bonds is 6. The SMILES string of the molecule is CC(C)Oc1ccc(C(=O)NNC(=O)c2ccc(NC(=O)c3ccc(C(C)(C)C)cc3)cc2)cc1Br. The van der Waals surface area contributed by atoms with Crippen LogP contribution in [0.25, 0.3) is 0 Å². The first kappa shape index (κ1) is 26.9. The largest absolute Gasteiger partial charge is 0.490 e. The van der Waals surface area contributed by atoms with Gasteiger partial charge in [-0.2, -0.15) is 0 Å². The summed E-state index contributed by atoms with van der Waals surface area (Å²) in [5.74, 6) is -0.574. The lowest BCUT2D eigenvalue weighted by Crippen LogP contribution is -2.41. The molecule has 0 aromatic heterocycles. The Morgan fingerprint density at radius 3 is 1.78 bits per heavy atom. The number of anilines is 1. The third-order valence-electron chi connectivity index (χ3n) is 5.26. The zero-order chi connectivity index (χ0) is 26.5. The second-order valence-electron chi connectivity index (χ2n) is 9.58. The van der Waals surface area contributed by atoms with Crippen LogP contribution in [0.5, 0.6) is 5.75 Å². The Bertz CT molecular complexity index is 1250. The van der Waals surface area contributed by atoms with Crippen molar-refractivity contribution in [3.05, 3.63) is 93.5 Å². The van der Waals surface area contributed by atoms with E-state index in [2.05, 4.69) is 52.9 Å². The lowest BCUT2D eigenvalue weighted by molar-refractivity contribution is 0.0846. The van der Waals surface area contributed by atoms with Gasteiger partial charge in [-0.3, -0.25) is 25.2 Å². The molecule has 0 saturated heterocycles. The first-order valence-electron chi connectivity index (χ1n) is 11.5. The van der Waals surface area contributed by atoms with E-state index in [-0.39, 0.29) is 17.4 Å². The van der Waals surface area contributed by atoms with Gasteiger partial charge in [0.1, 0.15) is 5.75 Å². The van der Waals surface area contributed by atoms with Crippen LogP contribution >= 0.6 is 15.9 Å². The van der Waals surface area contributed by atoms with Gasteiger partial charge < -0.3 is 10.1 Å². The fraction of sp³-hybridized carbons (Fsp3) is 0.250. The zero-order valence-corrected chi connectivity index (χ0v) is 22.5. The second-order valence-corrected chi connectivity index (χ2v) is 10.4. The van der Waals surface area contributed by atoms with Crippen LogP contribution in [0.4, 0.5) is 5.69 Å². The molecular weight excluding hydrogens is 522 g/mol. The number of ether oxygens (including phenoxy) is 1. The molecule has 3 aromatic rings. The minimum absolute atomic E-state index is 0.0000432. The van der Waals surface area contributed by atoms with E-state index in [9.17, 15) is 14.4 Å². The highest BCUT2D eigenvalue weighted by molar-refractivity contribution is 9.10. The fourth-order valence-electron chi connectivity index (χ4n) is 3.28. The quantitative estimate of drug-likeness (QED) is 0.334. The molecule has 8 heteroatoms. The molecule has 0 bridgehead atoms.